The third-order valence-corrected chi connectivity index (χ3v) is 5.86. The second-order valence-electron chi connectivity index (χ2n) is 3.93. The fraction of sp³-hybridized carbons (Fsp3) is 0.455. The van der Waals surface area contributed by atoms with E-state index >= 15 is 0 Å². The van der Waals surface area contributed by atoms with Gasteiger partial charge in [0.25, 0.3) is 0 Å². The number of carboxylic acid groups (broad SMARTS) is 1. The maximum absolute atomic E-state index is 10.4. The average molecular weight is 271 g/mol. The van der Waals surface area contributed by atoms with E-state index in [1.807, 2.05) is 18.2 Å². The van der Waals surface area contributed by atoms with Gasteiger partial charge in [0.2, 0.25) is 0 Å². The molecule has 1 aromatic rings. The number of carbonyl (C=O) groups is 1. The SMILES string of the molecule is O=C(O)OCC1(SSc2ccccn2)CCC1. The molecule has 6 heteroatoms. The molecule has 0 spiro atoms. The van der Waals surface area contributed by atoms with Gasteiger partial charge in [-0.15, -0.1) is 0 Å². The van der Waals surface area contributed by atoms with Crippen LogP contribution in [-0.2, 0) is 4.74 Å². The van der Waals surface area contributed by atoms with Crippen molar-refractivity contribution in [2.24, 2.45) is 0 Å². The third-order valence-electron chi connectivity index (χ3n) is 2.67. The molecule has 0 aliphatic heterocycles. The number of nitrogens with zero attached hydrogens (tertiary/aromatic N) is 1. The molecule has 1 fully saturated rings. The average Bonchev–Trinajstić information content (AvgIpc) is 2.28. The van der Waals surface area contributed by atoms with Crippen LogP contribution in [-0.4, -0.2) is 27.6 Å². The van der Waals surface area contributed by atoms with Crippen LogP contribution in [0.5, 0.6) is 0 Å². The van der Waals surface area contributed by atoms with Gasteiger partial charge in [-0.1, -0.05) is 23.3 Å². The van der Waals surface area contributed by atoms with Crippen LogP contribution in [0, 0.1) is 0 Å². The minimum atomic E-state index is -1.19. The normalized spacial score (nSPS) is 17.2. The summed E-state index contributed by atoms with van der Waals surface area (Å²) in [5.74, 6) is 0. The Bertz CT molecular complexity index is 382. The highest BCUT2D eigenvalue weighted by Gasteiger charge is 2.39. The lowest BCUT2D eigenvalue weighted by Gasteiger charge is -2.39. The minimum absolute atomic E-state index is 0.0550. The van der Waals surface area contributed by atoms with Crippen molar-refractivity contribution in [3.63, 3.8) is 0 Å². The van der Waals surface area contributed by atoms with Gasteiger partial charge in [0, 0.05) is 6.20 Å². The maximum Gasteiger partial charge on any atom is 0.505 e. The Kier molecular flexibility index (Phi) is 4.17. The first-order chi connectivity index (χ1) is 8.20. The first kappa shape index (κ1) is 12.6. The Hall–Kier alpha value is -0.880. The van der Waals surface area contributed by atoms with E-state index in [4.69, 9.17) is 9.84 Å². The molecule has 17 heavy (non-hydrogen) atoms. The lowest BCUT2D eigenvalue weighted by atomic mass is 9.85. The van der Waals surface area contributed by atoms with Gasteiger partial charge < -0.3 is 9.84 Å². The first-order valence-electron chi connectivity index (χ1n) is 5.33. The summed E-state index contributed by atoms with van der Waals surface area (Å²) in [6.45, 7) is 0.271. The summed E-state index contributed by atoms with van der Waals surface area (Å²) >= 11 is 0. The number of hydrogen-bond acceptors (Lipinski definition) is 5. The quantitative estimate of drug-likeness (QED) is 0.654. The van der Waals surface area contributed by atoms with Crippen LogP contribution in [0.2, 0.25) is 0 Å². The zero-order valence-corrected chi connectivity index (χ0v) is 10.8. The monoisotopic (exact) mass is 271 g/mol. The molecule has 1 aliphatic rings. The van der Waals surface area contributed by atoms with Gasteiger partial charge in [-0.3, -0.25) is 0 Å². The predicted octanol–water partition coefficient (Wildman–Crippen LogP) is 3.44. The van der Waals surface area contributed by atoms with Gasteiger partial charge in [0.1, 0.15) is 11.6 Å². The molecule has 1 aliphatic carbocycles. The molecule has 0 amide bonds. The predicted molar refractivity (Wildman–Crippen MR) is 68.2 cm³/mol. The third kappa shape index (κ3) is 3.54. The Morgan fingerprint density at radius 3 is 2.88 bits per heavy atom. The molecule has 0 radical (unpaired) electrons. The summed E-state index contributed by atoms with van der Waals surface area (Å²) in [6.07, 6.45) is 3.71. The van der Waals surface area contributed by atoms with Crippen LogP contribution in [0.4, 0.5) is 4.79 Å². The second-order valence-corrected chi connectivity index (χ2v) is 6.54. The summed E-state index contributed by atoms with van der Waals surface area (Å²) in [5.41, 5.74) is 0. The van der Waals surface area contributed by atoms with Crippen LogP contribution in [0.15, 0.2) is 29.4 Å². The number of aromatic nitrogens is 1. The van der Waals surface area contributed by atoms with Gasteiger partial charge in [-0.25, -0.2) is 9.78 Å². The molecule has 4 nitrogen and oxygen atoms in total. The van der Waals surface area contributed by atoms with Crippen molar-refractivity contribution in [1.29, 1.82) is 0 Å². The van der Waals surface area contributed by atoms with Gasteiger partial charge in [0.05, 0.1) is 4.75 Å². The van der Waals surface area contributed by atoms with E-state index in [9.17, 15) is 4.79 Å². The molecular formula is C11H13NO3S2. The molecule has 1 N–H and O–H groups in total. The fourth-order valence-electron chi connectivity index (χ4n) is 1.54. The summed E-state index contributed by atoms with van der Waals surface area (Å²) < 4.78 is 4.64. The summed E-state index contributed by atoms with van der Waals surface area (Å²) in [7, 11) is 3.26. The van der Waals surface area contributed by atoms with Crippen LogP contribution in [0.25, 0.3) is 0 Å². The molecule has 0 atom stereocenters. The van der Waals surface area contributed by atoms with Crippen molar-refractivity contribution in [3.8, 4) is 0 Å². The standard InChI is InChI=1S/C11H13NO3S2/c13-10(14)15-8-11(5-3-6-11)17-16-9-4-1-2-7-12-9/h1-2,4,7H,3,5-6,8H2,(H,13,14). The fourth-order valence-corrected chi connectivity index (χ4v) is 4.33. The van der Waals surface area contributed by atoms with Crippen LogP contribution < -0.4 is 0 Å². The van der Waals surface area contributed by atoms with Gasteiger partial charge in [-0.2, -0.15) is 0 Å². The van der Waals surface area contributed by atoms with Crippen molar-refractivity contribution in [1.82, 2.24) is 4.98 Å². The van der Waals surface area contributed by atoms with E-state index in [0.29, 0.717) is 0 Å². The van der Waals surface area contributed by atoms with E-state index in [-0.39, 0.29) is 11.4 Å². The lowest BCUT2D eigenvalue weighted by molar-refractivity contribution is 0.0714. The van der Waals surface area contributed by atoms with Crippen molar-refractivity contribution in [2.75, 3.05) is 6.61 Å². The summed E-state index contributed by atoms with van der Waals surface area (Å²) in [6, 6.07) is 5.76. The van der Waals surface area contributed by atoms with Gasteiger partial charge >= 0.3 is 6.16 Å². The largest absolute Gasteiger partial charge is 0.505 e. The highest BCUT2D eigenvalue weighted by Crippen LogP contribution is 2.51. The summed E-state index contributed by atoms with van der Waals surface area (Å²) in [5, 5.41) is 9.47. The van der Waals surface area contributed by atoms with Crippen molar-refractivity contribution in [2.45, 2.75) is 29.0 Å². The molecule has 1 saturated carbocycles. The van der Waals surface area contributed by atoms with Crippen LogP contribution in [0.3, 0.4) is 0 Å². The van der Waals surface area contributed by atoms with E-state index in [2.05, 4.69) is 4.98 Å². The second kappa shape index (κ2) is 5.64. The minimum Gasteiger partial charge on any atom is -0.450 e. The zero-order valence-electron chi connectivity index (χ0n) is 9.17. The van der Waals surface area contributed by atoms with E-state index in [1.54, 1.807) is 27.8 Å². The number of pyridine rings is 1. The van der Waals surface area contributed by atoms with E-state index in [1.165, 1.54) is 0 Å². The zero-order chi connectivity index (χ0) is 12.1. The lowest BCUT2D eigenvalue weighted by Crippen LogP contribution is -2.38. The Morgan fingerprint density at radius 1 is 1.53 bits per heavy atom. The van der Waals surface area contributed by atoms with Crippen molar-refractivity contribution in [3.05, 3.63) is 24.4 Å². The molecule has 1 heterocycles. The van der Waals surface area contributed by atoms with E-state index in [0.717, 1.165) is 24.3 Å². The molecule has 2 rings (SSSR count). The molecular weight excluding hydrogens is 258 g/mol. The molecule has 0 bridgehead atoms. The van der Waals surface area contributed by atoms with Crippen molar-refractivity contribution >= 4 is 27.7 Å². The topological polar surface area (TPSA) is 59.4 Å². The number of ether oxygens (including phenoxy) is 1. The molecule has 0 unspecified atom stereocenters. The highest BCUT2D eigenvalue weighted by molar-refractivity contribution is 8.77. The Balaban J connectivity index is 1.85. The molecule has 0 aromatic carbocycles. The van der Waals surface area contributed by atoms with E-state index < -0.39 is 6.16 Å². The highest BCUT2D eigenvalue weighted by atomic mass is 33.1. The molecule has 0 saturated heterocycles. The van der Waals surface area contributed by atoms with Gasteiger partial charge in [0.15, 0.2) is 0 Å². The van der Waals surface area contributed by atoms with Crippen molar-refractivity contribution < 1.29 is 14.6 Å². The summed E-state index contributed by atoms with van der Waals surface area (Å²) in [4.78, 5) is 14.6. The Labute approximate surface area is 108 Å². The maximum atomic E-state index is 10.4. The smallest absolute Gasteiger partial charge is 0.450 e. The van der Waals surface area contributed by atoms with Crippen LogP contribution in [0.1, 0.15) is 19.3 Å². The first-order valence-corrected chi connectivity index (χ1v) is 7.48. The number of rotatable bonds is 5. The molecule has 92 valence electrons. The van der Waals surface area contributed by atoms with Crippen LogP contribution >= 0.6 is 21.6 Å². The number of hydrogen-bond donors (Lipinski definition) is 1. The molecule has 1 aromatic heterocycles. The Morgan fingerprint density at radius 2 is 2.35 bits per heavy atom. The van der Waals surface area contributed by atoms with Gasteiger partial charge in [-0.05, 0) is 35.8 Å².